The minimum Gasteiger partial charge on any atom is -0.454 e. The third-order valence-corrected chi connectivity index (χ3v) is 4.83. The fourth-order valence-electron chi connectivity index (χ4n) is 2.92. The number of alkyl halides is 3. The zero-order valence-corrected chi connectivity index (χ0v) is 17.0. The summed E-state index contributed by atoms with van der Waals surface area (Å²) in [4.78, 5) is 20.5. The van der Waals surface area contributed by atoms with Crippen LogP contribution in [0.4, 0.5) is 27.6 Å². The highest BCUT2D eigenvalue weighted by atomic mass is 35.5. The fourth-order valence-corrected chi connectivity index (χ4v) is 3.14. The average molecular weight is 480 g/mol. The number of rotatable bonds is 4. The van der Waals surface area contributed by atoms with E-state index in [-0.39, 0.29) is 5.75 Å². The lowest BCUT2D eigenvalue weighted by molar-refractivity contribution is -0.137. The zero-order chi connectivity index (χ0) is 23.8. The Balaban J connectivity index is 1.56. The normalized spacial score (nSPS) is 11.5. The third-order valence-electron chi connectivity index (χ3n) is 4.50. The molecule has 0 aliphatic rings. The lowest BCUT2D eigenvalue weighted by Crippen LogP contribution is -2.15. The highest BCUT2D eigenvalue weighted by Crippen LogP contribution is 2.35. The largest absolute Gasteiger partial charge is 0.454 e. The SMILES string of the molecule is O=C(Nc1ccc(Oc2ccc3nccnc3c2)c(F)c1F)c1ccc(Cl)c(C(F)(F)F)c1. The first kappa shape index (κ1) is 22.4. The molecule has 4 rings (SSSR count). The van der Waals surface area contributed by atoms with E-state index < -0.39 is 51.3 Å². The van der Waals surface area contributed by atoms with Gasteiger partial charge in [-0.15, -0.1) is 0 Å². The van der Waals surface area contributed by atoms with Crippen molar-refractivity contribution in [3.8, 4) is 11.5 Å². The number of aromatic nitrogens is 2. The predicted molar refractivity (Wildman–Crippen MR) is 110 cm³/mol. The van der Waals surface area contributed by atoms with Gasteiger partial charge in [-0.1, -0.05) is 11.6 Å². The van der Waals surface area contributed by atoms with Crippen LogP contribution < -0.4 is 10.1 Å². The van der Waals surface area contributed by atoms with Gasteiger partial charge >= 0.3 is 6.18 Å². The van der Waals surface area contributed by atoms with Crippen LogP contribution in [0, 0.1) is 11.6 Å². The number of hydrogen-bond acceptors (Lipinski definition) is 4. The highest BCUT2D eigenvalue weighted by Gasteiger charge is 2.34. The van der Waals surface area contributed by atoms with E-state index in [1.165, 1.54) is 24.5 Å². The summed E-state index contributed by atoms with van der Waals surface area (Å²) in [5.41, 5.74) is -1.21. The van der Waals surface area contributed by atoms with Gasteiger partial charge in [-0.2, -0.15) is 17.6 Å². The molecule has 4 aromatic rings. The van der Waals surface area contributed by atoms with Crippen LogP contribution in [-0.2, 0) is 6.18 Å². The van der Waals surface area contributed by atoms with Crippen molar-refractivity contribution >= 4 is 34.2 Å². The summed E-state index contributed by atoms with van der Waals surface area (Å²) < 4.78 is 73.4. The predicted octanol–water partition coefficient (Wildman–Crippen LogP) is 6.62. The van der Waals surface area contributed by atoms with Gasteiger partial charge < -0.3 is 10.1 Å². The van der Waals surface area contributed by atoms with Gasteiger partial charge in [0.05, 0.1) is 27.3 Å². The molecule has 0 saturated carbocycles. The van der Waals surface area contributed by atoms with Gasteiger partial charge in [-0.25, -0.2) is 4.39 Å². The first-order valence-electron chi connectivity index (χ1n) is 9.18. The number of benzene rings is 3. The second-order valence-corrected chi connectivity index (χ2v) is 7.10. The summed E-state index contributed by atoms with van der Waals surface area (Å²) in [6, 6.07) is 9.08. The molecule has 1 amide bonds. The van der Waals surface area contributed by atoms with Gasteiger partial charge in [0.2, 0.25) is 5.82 Å². The maximum Gasteiger partial charge on any atom is 0.417 e. The van der Waals surface area contributed by atoms with Gasteiger partial charge in [0, 0.05) is 24.0 Å². The van der Waals surface area contributed by atoms with Crippen LogP contribution in [0.1, 0.15) is 15.9 Å². The van der Waals surface area contributed by atoms with E-state index in [4.69, 9.17) is 16.3 Å². The monoisotopic (exact) mass is 479 g/mol. The number of fused-ring (bicyclic) bond motifs is 1. The molecule has 11 heteroatoms. The lowest BCUT2D eigenvalue weighted by Gasteiger charge is -2.13. The average Bonchev–Trinajstić information content (AvgIpc) is 2.78. The number of anilines is 1. The van der Waals surface area contributed by atoms with Crippen molar-refractivity contribution in [2.24, 2.45) is 0 Å². The molecule has 0 bridgehead atoms. The van der Waals surface area contributed by atoms with Crippen molar-refractivity contribution in [2.75, 3.05) is 5.32 Å². The summed E-state index contributed by atoms with van der Waals surface area (Å²) in [6.45, 7) is 0. The number of ether oxygens (including phenoxy) is 1. The van der Waals surface area contributed by atoms with E-state index in [9.17, 15) is 26.7 Å². The van der Waals surface area contributed by atoms with Crippen LogP contribution in [0.3, 0.4) is 0 Å². The van der Waals surface area contributed by atoms with Crippen LogP contribution in [-0.4, -0.2) is 15.9 Å². The van der Waals surface area contributed by atoms with Crippen molar-refractivity contribution in [3.05, 3.63) is 88.7 Å². The maximum atomic E-state index is 14.5. The Kier molecular flexibility index (Phi) is 5.86. The first-order chi connectivity index (χ1) is 15.6. The van der Waals surface area contributed by atoms with Crippen LogP contribution in [0.5, 0.6) is 11.5 Å². The zero-order valence-electron chi connectivity index (χ0n) is 16.3. The van der Waals surface area contributed by atoms with Crippen LogP contribution >= 0.6 is 11.6 Å². The molecule has 0 unspecified atom stereocenters. The summed E-state index contributed by atoms with van der Waals surface area (Å²) in [6.07, 6.45) is -1.83. The number of carbonyl (C=O) groups is 1. The number of nitrogens with zero attached hydrogens (tertiary/aromatic N) is 2. The van der Waals surface area contributed by atoms with Crippen LogP contribution in [0.25, 0.3) is 11.0 Å². The van der Waals surface area contributed by atoms with Crippen LogP contribution in [0.15, 0.2) is 60.9 Å². The number of halogens is 6. The number of carbonyl (C=O) groups excluding carboxylic acids is 1. The molecule has 3 aromatic carbocycles. The maximum absolute atomic E-state index is 14.5. The molecule has 1 aromatic heterocycles. The molecule has 0 radical (unpaired) electrons. The molecular formula is C22H11ClF5N3O2. The van der Waals surface area contributed by atoms with E-state index in [1.54, 1.807) is 6.07 Å². The minimum atomic E-state index is -4.79. The van der Waals surface area contributed by atoms with Crippen molar-refractivity contribution in [1.29, 1.82) is 0 Å². The molecule has 0 atom stereocenters. The quantitative estimate of drug-likeness (QED) is 0.334. The number of amides is 1. The van der Waals surface area contributed by atoms with Crippen molar-refractivity contribution in [3.63, 3.8) is 0 Å². The van der Waals surface area contributed by atoms with Crippen molar-refractivity contribution in [2.45, 2.75) is 6.18 Å². The topological polar surface area (TPSA) is 64.1 Å². The van der Waals surface area contributed by atoms with Gasteiger partial charge in [-0.05, 0) is 42.5 Å². The number of nitrogens with one attached hydrogen (secondary N) is 1. The molecule has 33 heavy (non-hydrogen) atoms. The Hall–Kier alpha value is -3.79. The van der Waals surface area contributed by atoms with Crippen LogP contribution in [0.2, 0.25) is 5.02 Å². The summed E-state index contributed by atoms with van der Waals surface area (Å²) in [7, 11) is 0. The van der Waals surface area contributed by atoms with Gasteiger partial charge in [0.15, 0.2) is 11.6 Å². The Morgan fingerprint density at radius 2 is 1.64 bits per heavy atom. The van der Waals surface area contributed by atoms with E-state index >= 15 is 0 Å². The summed E-state index contributed by atoms with van der Waals surface area (Å²) in [5.74, 6) is -4.25. The molecule has 5 nitrogen and oxygen atoms in total. The van der Waals surface area contributed by atoms with E-state index in [1.807, 2.05) is 5.32 Å². The van der Waals surface area contributed by atoms with E-state index in [0.29, 0.717) is 17.1 Å². The molecule has 168 valence electrons. The minimum absolute atomic E-state index is 0.166. The molecule has 0 spiro atoms. The number of hydrogen-bond donors (Lipinski definition) is 1. The van der Waals surface area contributed by atoms with E-state index in [2.05, 4.69) is 9.97 Å². The smallest absolute Gasteiger partial charge is 0.417 e. The Bertz CT molecular complexity index is 1380. The second-order valence-electron chi connectivity index (χ2n) is 6.69. The second kappa shape index (κ2) is 8.62. The van der Waals surface area contributed by atoms with Crippen molar-refractivity contribution < 1.29 is 31.5 Å². The summed E-state index contributed by atoms with van der Waals surface area (Å²) >= 11 is 5.53. The standard InChI is InChI=1S/C22H11ClF5N3O2/c23-14-3-1-11(9-13(14)22(26,27)28)21(32)31-16-5-6-18(20(25)19(16)24)33-12-2-4-15-17(10-12)30-8-7-29-15/h1-10H,(H,31,32). The molecular weight excluding hydrogens is 469 g/mol. The van der Waals surface area contributed by atoms with E-state index in [0.717, 1.165) is 24.3 Å². The Morgan fingerprint density at radius 1 is 0.909 bits per heavy atom. The Morgan fingerprint density at radius 3 is 2.36 bits per heavy atom. The lowest BCUT2D eigenvalue weighted by atomic mass is 10.1. The van der Waals surface area contributed by atoms with Gasteiger partial charge in [0.1, 0.15) is 5.75 Å². The molecule has 0 fully saturated rings. The highest BCUT2D eigenvalue weighted by molar-refractivity contribution is 6.31. The Labute approximate surface area is 187 Å². The molecule has 0 aliphatic heterocycles. The van der Waals surface area contributed by atoms with Gasteiger partial charge in [-0.3, -0.25) is 14.8 Å². The molecule has 1 N–H and O–H groups in total. The van der Waals surface area contributed by atoms with Crippen molar-refractivity contribution in [1.82, 2.24) is 9.97 Å². The fraction of sp³-hybridized carbons (Fsp3) is 0.0455. The molecule has 0 aliphatic carbocycles. The van der Waals surface area contributed by atoms with Gasteiger partial charge in [0.25, 0.3) is 5.91 Å². The third kappa shape index (κ3) is 4.70. The first-order valence-corrected chi connectivity index (χ1v) is 9.56. The molecule has 1 heterocycles. The molecule has 0 saturated heterocycles. The summed E-state index contributed by atoms with van der Waals surface area (Å²) in [5, 5.41) is 1.44.